The summed E-state index contributed by atoms with van der Waals surface area (Å²) in [6.07, 6.45) is 4.73. The lowest BCUT2D eigenvalue weighted by molar-refractivity contribution is 0.730. The predicted octanol–water partition coefficient (Wildman–Crippen LogP) is 3.60. The molecule has 0 bridgehead atoms. The molecule has 8 heteroatoms. The van der Waals surface area contributed by atoms with Crippen LogP contribution in [0.25, 0.3) is 11.4 Å². The normalized spacial score (nSPS) is 10.3. The third kappa shape index (κ3) is 3.45. The highest BCUT2D eigenvalue weighted by Gasteiger charge is 2.15. The molecule has 118 valence electrons. The summed E-state index contributed by atoms with van der Waals surface area (Å²) >= 11 is 7.38. The van der Waals surface area contributed by atoms with Crippen molar-refractivity contribution >= 4 is 23.4 Å². The first kappa shape index (κ1) is 16.2. The largest absolute Gasteiger partial charge is 0.298 e. The summed E-state index contributed by atoms with van der Waals surface area (Å²) in [5.41, 5.74) is 1.14. The molecule has 3 aromatic rings. The number of nitrogens with zero attached hydrogens (tertiary/aromatic N) is 6. The van der Waals surface area contributed by atoms with Crippen molar-refractivity contribution in [2.75, 3.05) is 0 Å². The van der Waals surface area contributed by atoms with E-state index in [2.05, 4.69) is 26.7 Å². The lowest BCUT2D eigenvalue weighted by atomic mass is 10.2. The molecule has 0 radical (unpaired) electrons. The van der Waals surface area contributed by atoms with Crippen molar-refractivity contribution < 1.29 is 0 Å². The minimum Gasteiger partial charge on any atom is -0.298 e. The number of halogens is 1. The molecule has 0 aliphatic heterocycles. The zero-order chi connectivity index (χ0) is 16.9. The predicted molar refractivity (Wildman–Crippen MR) is 91.5 cm³/mol. The number of aromatic nitrogens is 5. The summed E-state index contributed by atoms with van der Waals surface area (Å²) in [5.74, 6) is 0.696. The van der Waals surface area contributed by atoms with Gasteiger partial charge in [-0.15, -0.1) is 16.8 Å². The molecule has 0 atom stereocenters. The van der Waals surface area contributed by atoms with E-state index in [4.69, 9.17) is 16.9 Å². The fourth-order valence-corrected chi connectivity index (χ4v) is 2.96. The van der Waals surface area contributed by atoms with E-state index < -0.39 is 0 Å². The molecule has 2 heterocycles. The molecule has 0 unspecified atom stereocenters. The maximum absolute atomic E-state index is 8.78. The van der Waals surface area contributed by atoms with E-state index in [1.54, 1.807) is 12.1 Å². The van der Waals surface area contributed by atoms with Crippen LogP contribution < -0.4 is 0 Å². The fourth-order valence-electron chi connectivity index (χ4n) is 2.02. The van der Waals surface area contributed by atoms with Gasteiger partial charge < -0.3 is 0 Å². The Labute approximate surface area is 147 Å². The standard InChI is InChI=1S/C16H11ClN6S/c1-2-6-23-15(11-4-3-5-12(17)7-11)21-22-16(23)24-14-10-19-13(8-18)9-20-14/h2-5,7,9-10H,1,6H2. The molecular weight excluding hydrogens is 344 g/mol. The Bertz CT molecular complexity index is 913. The van der Waals surface area contributed by atoms with E-state index in [1.807, 2.05) is 28.8 Å². The molecule has 1 aromatic carbocycles. The van der Waals surface area contributed by atoms with Gasteiger partial charge in [0.1, 0.15) is 11.1 Å². The van der Waals surface area contributed by atoms with Gasteiger partial charge in [-0.25, -0.2) is 9.97 Å². The van der Waals surface area contributed by atoms with E-state index in [1.165, 1.54) is 24.2 Å². The third-order valence-corrected chi connectivity index (χ3v) is 4.19. The van der Waals surface area contributed by atoms with Crippen LogP contribution in [-0.2, 0) is 6.54 Å². The van der Waals surface area contributed by atoms with Gasteiger partial charge >= 0.3 is 0 Å². The molecule has 0 N–H and O–H groups in total. The summed E-state index contributed by atoms with van der Waals surface area (Å²) < 4.78 is 1.92. The van der Waals surface area contributed by atoms with Crippen LogP contribution in [0.5, 0.6) is 0 Å². The number of allylic oxidation sites excluding steroid dienone is 1. The van der Waals surface area contributed by atoms with Gasteiger partial charge in [0.15, 0.2) is 16.7 Å². The van der Waals surface area contributed by atoms with Crippen molar-refractivity contribution in [3.8, 4) is 17.5 Å². The Morgan fingerprint density at radius 3 is 2.83 bits per heavy atom. The topological polar surface area (TPSA) is 80.3 Å². The molecule has 0 saturated heterocycles. The Kier molecular flexibility index (Phi) is 4.89. The highest BCUT2D eigenvalue weighted by Crippen LogP contribution is 2.29. The number of hydrogen-bond donors (Lipinski definition) is 0. The molecule has 0 spiro atoms. The number of hydrogen-bond acceptors (Lipinski definition) is 6. The van der Waals surface area contributed by atoms with E-state index >= 15 is 0 Å². The number of benzene rings is 1. The first-order chi connectivity index (χ1) is 11.7. The molecule has 3 rings (SSSR count). The van der Waals surface area contributed by atoms with Crippen LogP contribution in [-0.4, -0.2) is 24.7 Å². The molecule has 0 amide bonds. The average Bonchev–Trinajstić information content (AvgIpc) is 2.99. The highest BCUT2D eigenvalue weighted by atomic mass is 35.5. The van der Waals surface area contributed by atoms with Crippen LogP contribution in [0, 0.1) is 11.3 Å². The first-order valence-corrected chi connectivity index (χ1v) is 8.10. The van der Waals surface area contributed by atoms with Gasteiger partial charge in [0.25, 0.3) is 0 Å². The fraction of sp³-hybridized carbons (Fsp3) is 0.0625. The van der Waals surface area contributed by atoms with Gasteiger partial charge in [-0.05, 0) is 23.9 Å². The van der Waals surface area contributed by atoms with Crippen LogP contribution in [0.3, 0.4) is 0 Å². The summed E-state index contributed by atoms with van der Waals surface area (Å²) in [7, 11) is 0. The van der Waals surface area contributed by atoms with Crippen molar-refractivity contribution in [3.05, 3.63) is 60.0 Å². The summed E-state index contributed by atoms with van der Waals surface area (Å²) in [5, 5.41) is 19.2. The zero-order valence-corrected chi connectivity index (χ0v) is 14.0. The number of rotatable bonds is 5. The van der Waals surface area contributed by atoms with Gasteiger partial charge in [0.05, 0.1) is 12.4 Å². The monoisotopic (exact) mass is 354 g/mol. The van der Waals surface area contributed by atoms with Crippen molar-refractivity contribution in [1.82, 2.24) is 24.7 Å². The molecule has 6 nitrogen and oxygen atoms in total. The highest BCUT2D eigenvalue weighted by molar-refractivity contribution is 7.99. The van der Waals surface area contributed by atoms with Gasteiger partial charge in [-0.1, -0.05) is 29.8 Å². The molecule has 0 saturated carbocycles. The van der Waals surface area contributed by atoms with Gasteiger partial charge in [-0.3, -0.25) is 4.57 Å². The van der Waals surface area contributed by atoms with Gasteiger partial charge in [0.2, 0.25) is 0 Å². The minimum absolute atomic E-state index is 0.270. The summed E-state index contributed by atoms with van der Waals surface area (Å²) in [6.45, 7) is 4.33. The van der Waals surface area contributed by atoms with Crippen LogP contribution in [0.15, 0.2) is 59.5 Å². The second-order valence-electron chi connectivity index (χ2n) is 4.67. The van der Waals surface area contributed by atoms with Crippen LogP contribution in [0.4, 0.5) is 0 Å². The maximum Gasteiger partial charge on any atom is 0.198 e. The van der Waals surface area contributed by atoms with Gasteiger partial charge in [0, 0.05) is 17.1 Å². The van der Waals surface area contributed by atoms with Crippen molar-refractivity contribution in [2.24, 2.45) is 0 Å². The molecule has 24 heavy (non-hydrogen) atoms. The Hall–Kier alpha value is -2.69. The molecule has 0 aliphatic carbocycles. The van der Waals surface area contributed by atoms with E-state index in [0.717, 1.165) is 5.56 Å². The second-order valence-corrected chi connectivity index (χ2v) is 6.09. The Morgan fingerprint density at radius 1 is 1.29 bits per heavy atom. The van der Waals surface area contributed by atoms with E-state index in [9.17, 15) is 0 Å². The molecule has 0 fully saturated rings. The number of nitriles is 1. The molecule has 2 aromatic heterocycles. The second kappa shape index (κ2) is 7.25. The smallest absolute Gasteiger partial charge is 0.198 e. The van der Waals surface area contributed by atoms with Crippen LogP contribution in [0.2, 0.25) is 5.02 Å². The lowest BCUT2D eigenvalue weighted by Gasteiger charge is -2.07. The summed E-state index contributed by atoms with van der Waals surface area (Å²) in [6, 6.07) is 9.37. The Morgan fingerprint density at radius 2 is 2.17 bits per heavy atom. The first-order valence-electron chi connectivity index (χ1n) is 6.91. The maximum atomic E-state index is 8.78. The van der Waals surface area contributed by atoms with Crippen LogP contribution >= 0.6 is 23.4 Å². The Balaban J connectivity index is 1.96. The van der Waals surface area contributed by atoms with Gasteiger partial charge in [-0.2, -0.15) is 5.26 Å². The van der Waals surface area contributed by atoms with Crippen molar-refractivity contribution in [3.63, 3.8) is 0 Å². The summed E-state index contributed by atoms with van der Waals surface area (Å²) in [4.78, 5) is 8.20. The molecular formula is C16H11ClN6S. The zero-order valence-electron chi connectivity index (χ0n) is 12.4. The third-order valence-electron chi connectivity index (χ3n) is 3.05. The van der Waals surface area contributed by atoms with Crippen LogP contribution in [0.1, 0.15) is 5.69 Å². The van der Waals surface area contributed by atoms with E-state index in [-0.39, 0.29) is 5.69 Å². The average molecular weight is 355 g/mol. The minimum atomic E-state index is 0.270. The molecule has 0 aliphatic rings. The van der Waals surface area contributed by atoms with E-state index in [0.29, 0.717) is 27.6 Å². The van der Waals surface area contributed by atoms with Crippen molar-refractivity contribution in [2.45, 2.75) is 16.7 Å². The quantitative estimate of drug-likeness (QED) is 0.651. The van der Waals surface area contributed by atoms with Crippen molar-refractivity contribution in [1.29, 1.82) is 5.26 Å². The lowest BCUT2D eigenvalue weighted by Crippen LogP contribution is -2.00. The SMILES string of the molecule is C=CCn1c(Sc2cnc(C#N)cn2)nnc1-c1cccc(Cl)c1.